The van der Waals surface area contributed by atoms with Gasteiger partial charge in [0.15, 0.2) is 0 Å². The van der Waals surface area contributed by atoms with E-state index >= 15 is 0 Å². The largest absolute Gasteiger partial charge is 0.433 e. The van der Waals surface area contributed by atoms with Crippen LogP contribution in [0.1, 0.15) is 25.5 Å². The van der Waals surface area contributed by atoms with Crippen molar-refractivity contribution in [2.45, 2.75) is 32.4 Å². The Bertz CT molecular complexity index is 590. The SMILES string of the molecule is CCS(=O)(=O)N1CCC(NCc2ccc([N+](=O)[O-])o2)CC1. The molecule has 1 aliphatic heterocycles. The Morgan fingerprint density at radius 3 is 2.62 bits per heavy atom. The van der Waals surface area contributed by atoms with Crippen LogP contribution in [0.5, 0.6) is 0 Å². The van der Waals surface area contributed by atoms with Gasteiger partial charge in [-0.25, -0.2) is 12.7 Å². The normalized spacial score (nSPS) is 18.0. The van der Waals surface area contributed by atoms with Crippen molar-refractivity contribution in [1.82, 2.24) is 9.62 Å². The van der Waals surface area contributed by atoms with Crippen LogP contribution in [0, 0.1) is 10.1 Å². The number of furan rings is 1. The van der Waals surface area contributed by atoms with Crippen molar-refractivity contribution in [3.8, 4) is 0 Å². The lowest BCUT2D eigenvalue weighted by molar-refractivity contribution is -0.402. The van der Waals surface area contributed by atoms with Gasteiger partial charge in [0.05, 0.1) is 18.4 Å². The molecule has 0 bridgehead atoms. The van der Waals surface area contributed by atoms with E-state index < -0.39 is 14.9 Å². The average Bonchev–Trinajstić information content (AvgIpc) is 2.95. The van der Waals surface area contributed by atoms with E-state index in [0.29, 0.717) is 25.4 Å². The van der Waals surface area contributed by atoms with Crippen LogP contribution < -0.4 is 5.32 Å². The number of hydrogen-bond donors (Lipinski definition) is 1. The molecule has 2 rings (SSSR count). The highest BCUT2D eigenvalue weighted by Crippen LogP contribution is 2.17. The number of nitro groups is 1. The standard InChI is InChI=1S/C12H19N3O5S/c1-2-21(18,19)14-7-5-10(6-8-14)13-9-11-3-4-12(20-11)15(16)17/h3-4,10,13H,2,5-9H2,1H3. The molecule has 1 aromatic rings. The van der Waals surface area contributed by atoms with Crippen LogP contribution in [0.15, 0.2) is 16.5 Å². The third-order valence-corrected chi connectivity index (χ3v) is 5.49. The second kappa shape index (κ2) is 6.54. The summed E-state index contributed by atoms with van der Waals surface area (Å²) in [5, 5.41) is 13.8. The van der Waals surface area contributed by atoms with Crippen LogP contribution in [0.2, 0.25) is 0 Å². The Hall–Kier alpha value is -1.45. The maximum absolute atomic E-state index is 11.7. The summed E-state index contributed by atoms with van der Waals surface area (Å²) in [7, 11) is -3.11. The second-order valence-corrected chi connectivity index (χ2v) is 7.21. The first-order valence-electron chi connectivity index (χ1n) is 6.86. The maximum atomic E-state index is 11.7. The van der Waals surface area contributed by atoms with E-state index in [2.05, 4.69) is 5.32 Å². The fourth-order valence-corrected chi connectivity index (χ4v) is 3.46. The third-order valence-electron chi connectivity index (χ3n) is 3.60. The first kappa shape index (κ1) is 15.9. The number of nitrogens with zero attached hydrogens (tertiary/aromatic N) is 2. The van der Waals surface area contributed by atoms with Gasteiger partial charge >= 0.3 is 5.88 Å². The van der Waals surface area contributed by atoms with Crippen LogP contribution in [0.4, 0.5) is 5.88 Å². The van der Waals surface area contributed by atoms with Crippen molar-refractivity contribution >= 4 is 15.9 Å². The van der Waals surface area contributed by atoms with E-state index in [4.69, 9.17) is 4.42 Å². The quantitative estimate of drug-likeness (QED) is 0.622. The predicted molar refractivity (Wildman–Crippen MR) is 76.3 cm³/mol. The maximum Gasteiger partial charge on any atom is 0.433 e. The molecule has 0 aromatic carbocycles. The van der Waals surface area contributed by atoms with Gasteiger partial charge in [-0.05, 0) is 25.8 Å². The molecule has 0 atom stereocenters. The third kappa shape index (κ3) is 4.02. The van der Waals surface area contributed by atoms with Gasteiger partial charge in [-0.2, -0.15) is 0 Å². The minimum Gasteiger partial charge on any atom is -0.404 e. The number of hydrogen-bond acceptors (Lipinski definition) is 6. The fraction of sp³-hybridized carbons (Fsp3) is 0.667. The van der Waals surface area contributed by atoms with Gasteiger partial charge in [0.25, 0.3) is 0 Å². The van der Waals surface area contributed by atoms with Crippen molar-refractivity contribution in [3.05, 3.63) is 28.0 Å². The summed E-state index contributed by atoms with van der Waals surface area (Å²) < 4.78 is 30.0. The molecular formula is C12H19N3O5S. The topological polar surface area (TPSA) is 106 Å². The number of nitrogens with one attached hydrogen (secondary N) is 1. The highest BCUT2D eigenvalue weighted by molar-refractivity contribution is 7.89. The summed E-state index contributed by atoms with van der Waals surface area (Å²) in [5.74, 6) is 0.363. The molecule has 1 aliphatic rings. The molecule has 0 unspecified atom stereocenters. The summed E-state index contributed by atoms with van der Waals surface area (Å²) in [6, 6.07) is 3.09. The molecular weight excluding hydrogens is 298 g/mol. The molecule has 1 saturated heterocycles. The zero-order valence-corrected chi connectivity index (χ0v) is 12.6. The molecule has 2 heterocycles. The first-order valence-corrected chi connectivity index (χ1v) is 8.47. The molecule has 8 nitrogen and oxygen atoms in total. The lowest BCUT2D eigenvalue weighted by Gasteiger charge is -2.31. The fourth-order valence-electron chi connectivity index (χ4n) is 2.33. The smallest absolute Gasteiger partial charge is 0.404 e. The van der Waals surface area contributed by atoms with Gasteiger partial charge in [0.1, 0.15) is 10.7 Å². The molecule has 0 radical (unpaired) electrons. The Kier molecular flexibility index (Phi) is 4.96. The van der Waals surface area contributed by atoms with Gasteiger partial charge in [-0.15, -0.1) is 0 Å². The zero-order chi connectivity index (χ0) is 15.5. The Morgan fingerprint density at radius 1 is 1.43 bits per heavy atom. The Labute approximate surface area is 123 Å². The van der Waals surface area contributed by atoms with Crippen LogP contribution in [0.3, 0.4) is 0 Å². The second-order valence-electron chi connectivity index (χ2n) is 4.95. The molecule has 1 aromatic heterocycles. The van der Waals surface area contributed by atoms with Gasteiger partial charge in [-0.3, -0.25) is 10.1 Å². The van der Waals surface area contributed by atoms with Gasteiger partial charge in [-0.1, -0.05) is 0 Å². The Balaban J connectivity index is 1.80. The predicted octanol–water partition coefficient (Wildman–Crippen LogP) is 1.09. The van der Waals surface area contributed by atoms with E-state index in [9.17, 15) is 18.5 Å². The average molecular weight is 317 g/mol. The summed E-state index contributed by atoms with van der Waals surface area (Å²) in [4.78, 5) is 9.94. The van der Waals surface area contributed by atoms with Gasteiger partial charge in [0, 0.05) is 19.1 Å². The van der Waals surface area contributed by atoms with Crippen molar-refractivity contribution in [2.75, 3.05) is 18.8 Å². The van der Waals surface area contributed by atoms with Crippen LogP contribution >= 0.6 is 0 Å². The van der Waals surface area contributed by atoms with Crippen molar-refractivity contribution in [2.24, 2.45) is 0 Å². The highest BCUT2D eigenvalue weighted by Gasteiger charge is 2.26. The van der Waals surface area contributed by atoms with Crippen molar-refractivity contribution in [3.63, 3.8) is 0 Å². The van der Waals surface area contributed by atoms with E-state index in [1.54, 1.807) is 13.0 Å². The molecule has 118 valence electrons. The van der Waals surface area contributed by atoms with Crippen LogP contribution in [0.25, 0.3) is 0 Å². The minimum absolute atomic E-state index is 0.126. The lowest BCUT2D eigenvalue weighted by Crippen LogP contribution is -2.45. The molecule has 9 heteroatoms. The molecule has 0 aliphatic carbocycles. The summed E-state index contributed by atoms with van der Waals surface area (Å²) in [5.41, 5.74) is 0. The molecule has 0 amide bonds. The highest BCUT2D eigenvalue weighted by atomic mass is 32.2. The molecule has 21 heavy (non-hydrogen) atoms. The molecule has 1 fully saturated rings. The number of sulfonamides is 1. The van der Waals surface area contributed by atoms with E-state index in [0.717, 1.165) is 12.8 Å². The van der Waals surface area contributed by atoms with Gasteiger partial charge < -0.3 is 9.73 Å². The van der Waals surface area contributed by atoms with Crippen molar-refractivity contribution < 1.29 is 17.8 Å². The number of rotatable bonds is 6. The molecule has 0 saturated carbocycles. The van der Waals surface area contributed by atoms with Crippen molar-refractivity contribution in [1.29, 1.82) is 0 Å². The van der Waals surface area contributed by atoms with Crippen LogP contribution in [-0.4, -0.2) is 42.5 Å². The van der Waals surface area contributed by atoms with Gasteiger partial charge in [0.2, 0.25) is 10.0 Å². The first-order chi connectivity index (χ1) is 9.92. The molecule has 0 spiro atoms. The molecule has 1 N–H and O–H groups in total. The van der Waals surface area contributed by atoms with E-state index in [1.807, 2.05) is 0 Å². The summed E-state index contributed by atoms with van der Waals surface area (Å²) in [6.07, 6.45) is 1.45. The van der Waals surface area contributed by atoms with Crippen LogP contribution in [-0.2, 0) is 16.6 Å². The summed E-state index contributed by atoms with van der Waals surface area (Å²) >= 11 is 0. The Morgan fingerprint density at radius 2 is 2.10 bits per heavy atom. The lowest BCUT2D eigenvalue weighted by atomic mass is 10.1. The summed E-state index contributed by atoms with van der Waals surface area (Å²) in [6.45, 7) is 3.06. The van der Waals surface area contributed by atoms with E-state index in [1.165, 1.54) is 10.4 Å². The minimum atomic E-state index is -3.11. The number of piperidine rings is 1. The monoisotopic (exact) mass is 317 g/mol. The van der Waals surface area contributed by atoms with E-state index in [-0.39, 0.29) is 17.7 Å². The zero-order valence-electron chi connectivity index (χ0n) is 11.8.